The average molecular weight is 116 g/mol. The average Bonchev–Trinajstić information content (AvgIpc) is 1.38. The van der Waals surface area contributed by atoms with E-state index in [1.165, 1.54) is 6.92 Å². The standard InChI is InChI=1S/C3H5ClO.Na/c1-3(5)2-4;/h2H2,1H3;. The van der Waals surface area contributed by atoms with Crippen LogP contribution in [0.5, 0.6) is 0 Å². The molecular formula is C3H5ClNaO. The van der Waals surface area contributed by atoms with Gasteiger partial charge < -0.3 is 0 Å². The fraction of sp³-hybridized carbons (Fsp3) is 0.667. The summed E-state index contributed by atoms with van der Waals surface area (Å²) < 4.78 is 0. The number of alkyl halides is 1. The summed E-state index contributed by atoms with van der Waals surface area (Å²) in [6, 6.07) is 0. The number of rotatable bonds is 1. The number of halogens is 1. The molecule has 0 fully saturated rings. The Balaban J connectivity index is 0. The molecule has 0 aromatic heterocycles. The molecule has 0 bridgehead atoms. The van der Waals surface area contributed by atoms with Gasteiger partial charge in [-0.2, -0.15) is 0 Å². The van der Waals surface area contributed by atoms with Gasteiger partial charge in [0.2, 0.25) is 0 Å². The third-order valence-corrected chi connectivity index (χ3v) is 0.565. The molecule has 0 N–H and O–H groups in total. The van der Waals surface area contributed by atoms with Crippen molar-refractivity contribution in [2.75, 3.05) is 5.88 Å². The van der Waals surface area contributed by atoms with Crippen molar-refractivity contribution in [2.45, 2.75) is 6.92 Å². The number of hydrogen-bond acceptors (Lipinski definition) is 1. The van der Waals surface area contributed by atoms with Gasteiger partial charge >= 0.3 is 0 Å². The molecular weight excluding hydrogens is 110 g/mol. The number of carbonyl (C=O) groups is 1. The van der Waals surface area contributed by atoms with Gasteiger partial charge in [-0.05, 0) is 6.92 Å². The molecule has 0 aliphatic heterocycles. The van der Waals surface area contributed by atoms with E-state index in [0.29, 0.717) is 0 Å². The minimum absolute atomic E-state index is 0. The van der Waals surface area contributed by atoms with Gasteiger partial charge in [0, 0.05) is 29.6 Å². The largest absolute Gasteiger partial charge is 0.299 e. The predicted molar refractivity (Wildman–Crippen MR) is 27.2 cm³/mol. The first-order valence-electron chi connectivity index (χ1n) is 1.32. The van der Waals surface area contributed by atoms with Crippen LogP contribution in [0.3, 0.4) is 0 Å². The van der Waals surface area contributed by atoms with Gasteiger partial charge in [-0.25, -0.2) is 0 Å². The van der Waals surface area contributed by atoms with Crippen molar-refractivity contribution in [3.63, 3.8) is 0 Å². The van der Waals surface area contributed by atoms with Crippen molar-refractivity contribution in [1.82, 2.24) is 0 Å². The van der Waals surface area contributed by atoms with Crippen LogP contribution in [0.1, 0.15) is 6.92 Å². The van der Waals surface area contributed by atoms with Gasteiger partial charge in [0.1, 0.15) is 5.78 Å². The summed E-state index contributed by atoms with van der Waals surface area (Å²) in [6.07, 6.45) is 0. The summed E-state index contributed by atoms with van der Waals surface area (Å²) >= 11 is 4.99. The van der Waals surface area contributed by atoms with Crippen LogP contribution in [0.15, 0.2) is 0 Å². The second-order valence-electron chi connectivity index (χ2n) is 0.836. The van der Waals surface area contributed by atoms with E-state index < -0.39 is 0 Å². The normalized spacial score (nSPS) is 6.33. The zero-order valence-corrected chi connectivity index (χ0v) is 6.75. The molecule has 0 rings (SSSR count). The SMILES string of the molecule is CC(=O)CCl.[Na]. The maximum Gasteiger partial charge on any atom is 0.144 e. The van der Waals surface area contributed by atoms with Crippen molar-refractivity contribution >= 4 is 46.9 Å². The Morgan fingerprint density at radius 3 is 2.00 bits per heavy atom. The van der Waals surface area contributed by atoms with Crippen LogP contribution < -0.4 is 0 Å². The Labute approximate surface area is 64.3 Å². The third-order valence-electron chi connectivity index (χ3n) is 0.188. The van der Waals surface area contributed by atoms with Crippen LogP contribution in [-0.4, -0.2) is 41.2 Å². The predicted octanol–water partition coefficient (Wildman–Crippen LogP) is 0.433. The summed E-state index contributed by atoms with van der Waals surface area (Å²) in [5, 5.41) is 0. The molecule has 0 aliphatic carbocycles. The van der Waals surface area contributed by atoms with E-state index >= 15 is 0 Å². The van der Waals surface area contributed by atoms with Crippen molar-refractivity contribution in [2.24, 2.45) is 0 Å². The van der Waals surface area contributed by atoms with Gasteiger partial charge in [0.15, 0.2) is 0 Å². The molecule has 0 saturated heterocycles. The molecule has 0 unspecified atom stereocenters. The maximum absolute atomic E-state index is 9.68. The Kier molecular flexibility index (Phi) is 9.98. The van der Waals surface area contributed by atoms with Crippen molar-refractivity contribution in [1.29, 1.82) is 0 Å². The first kappa shape index (κ1) is 10.0. The van der Waals surface area contributed by atoms with Crippen LogP contribution in [0.4, 0.5) is 0 Å². The number of ketones is 1. The molecule has 0 aliphatic rings. The molecule has 1 radical (unpaired) electrons. The summed E-state index contributed by atoms with van der Waals surface area (Å²) in [6.45, 7) is 1.45. The topological polar surface area (TPSA) is 17.1 Å². The number of Topliss-reactive ketones (excluding diaryl/α,β-unsaturated/α-hetero) is 1. The summed E-state index contributed by atoms with van der Waals surface area (Å²) in [5.74, 6) is 0.159. The Morgan fingerprint density at radius 2 is 2.00 bits per heavy atom. The van der Waals surface area contributed by atoms with Crippen molar-refractivity contribution in [3.8, 4) is 0 Å². The smallest absolute Gasteiger partial charge is 0.144 e. The van der Waals surface area contributed by atoms with E-state index in [4.69, 9.17) is 11.6 Å². The van der Waals surface area contributed by atoms with Crippen LogP contribution in [0.25, 0.3) is 0 Å². The molecule has 6 heavy (non-hydrogen) atoms. The Morgan fingerprint density at radius 1 is 1.83 bits per heavy atom. The van der Waals surface area contributed by atoms with Crippen LogP contribution in [0, 0.1) is 0 Å². The molecule has 0 spiro atoms. The molecule has 0 aromatic carbocycles. The Hall–Kier alpha value is 0.960. The van der Waals surface area contributed by atoms with Crippen LogP contribution in [-0.2, 0) is 4.79 Å². The van der Waals surface area contributed by atoms with E-state index in [2.05, 4.69) is 0 Å². The maximum atomic E-state index is 9.68. The first-order valence-corrected chi connectivity index (χ1v) is 1.86. The molecule has 3 heteroatoms. The van der Waals surface area contributed by atoms with E-state index in [0.717, 1.165) is 0 Å². The van der Waals surface area contributed by atoms with E-state index in [9.17, 15) is 4.79 Å². The van der Waals surface area contributed by atoms with Gasteiger partial charge in [0.05, 0.1) is 5.88 Å². The van der Waals surface area contributed by atoms with Crippen LogP contribution in [0.2, 0.25) is 0 Å². The molecule has 1 nitrogen and oxygen atoms in total. The van der Waals surface area contributed by atoms with E-state index in [-0.39, 0.29) is 41.2 Å². The van der Waals surface area contributed by atoms with Gasteiger partial charge in [-0.1, -0.05) is 0 Å². The zero-order chi connectivity index (χ0) is 4.28. The molecule has 31 valence electrons. The van der Waals surface area contributed by atoms with E-state index in [1.807, 2.05) is 0 Å². The minimum Gasteiger partial charge on any atom is -0.299 e. The quantitative estimate of drug-likeness (QED) is 0.358. The van der Waals surface area contributed by atoms with Crippen molar-refractivity contribution in [3.05, 3.63) is 0 Å². The summed E-state index contributed by atoms with van der Waals surface area (Å²) in [5.41, 5.74) is 0. The fourth-order valence-corrected chi connectivity index (χ4v) is 0. The van der Waals surface area contributed by atoms with Gasteiger partial charge in [0.25, 0.3) is 0 Å². The molecule has 0 heterocycles. The Bertz CT molecular complexity index is 46.1. The summed E-state index contributed by atoms with van der Waals surface area (Å²) in [7, 11) is 0. The molecule has 0 atom stereocenters. The number of carbonyl (C=O) groups excluding carboxylic acids is 1. The minimum atomic E-state index is 0. The number of hydrogen-bond donors (Lipinski definition) is 0. The second kappa shape index (κ2) is 5.96. The van der Waals surface area contributed by atoms with Crippen molar-refractivity contribution < 1.29 is 4.79 Å². The molecule has 0 amide bonds. The van der Waals surface area contributed by atoms with Crippen LogP contribution >= 0.6 is 11.6 Å². The van der Waals surface area contributed by atoms with Gasteiger partial charge in [-0.3, -0.25) is 4.79 Å². The monoisotopic (exact) mass is 115 g/mol. The fourth-order valence-electron chi connectivity index (χ4n) is 0. The van der Waals surface area contributed by atoms with E-state index in [1.54, 1.807) is 0 Å². The second-order valence-corrected chi connectivity index (χ2v) is 1.10. The van der Waals surface area contributed by atoms with Gasteiger partial charge in [-0.15, -0.1) is 11.6 Å². The zero-order valence-electron chi connectivity index (χ0n) is 3.99. The first-order chi connectivity index (χ1) is 2.27. The molecule has 0 saturated carbocycles. The molecule has 0 aromatic rings. The third kappa shape index (κ3) is 8.88. The summed E-state index contributed by atoms with van der Waals surface area (Å²) in [4.78, 5) is 9.68.